The number of halogens is 1. The molecule has 13 heavy (non-hydrogen) atoms. The molecule has 0 atom stereocenters. The molecule has 0 radical (unpaired) electrons. The van der Waals surface area contributed by atoms with E-state index >= 15 is 0 Å². The Balaban J connectivity index is 3.69. The van der Waals surface area contributed by atoms with Crippen LogP contribution in [-0.2, 0) is 0 Å². The Morgan fingerprint density at radius 1 is 1.15 bits per heavy atom. The molecule has 0 heterocycles. The summed E-state index contributed by atoms with van der Waals surface area (Å²) >= 11 is 0. The number of hydrogen-bond acceptors (Lipinski definition) is 3. The first-order valence-corrected chi connectivity index (χ1v) is 3.61. The van der Waals surface area contributed by atoms with Gasteiger partial charge in [-0.15, -0.1) is 0 Å². The van der Waals surface area contributed by atoms with E-state index in [-0.39, 0.29) is 22.4 Å². The third-order valence-corrected chi connectivity index (χ3v) is 1.97. The van der Waals surface area contributed by atoms with Crippen LogP contribution in [0.5, 0.6) is 11.5 Å². The number of hydrogen-bond donors (Lipinski definition) is 2. The van der Waals surface area contributed by atoms with Gasteiger partial charge in [0.2, 0.25) is 0 Å². The Bertz CT molecular complexity index is 378. The Hall–Kier alpha value is -1.76. The van der Waals surface area contributed by atoms with Crippen molar-refractivity contribution in [3.63, 3.8) is 0 Å². The molecule has 1 aromatic rings. The van der Waals surface area contributed by atoms with Crippen LogP contribution in [0.2, 0.25) is 0 Å². The summed E-state index contributed by atoms with van der Waals surface area (Å²) in [6.07, 6.45) is 0. The van der Waals surface area contributed by atoms with Gasteiger partial charge in [-0.25, -0.2) is 4.39 Å². The Morgan fingerprint density at radius 2 is 1.69 bits per heavy atom. The molecule has 4 heteroatoms. The maximum atomic E-state index is 13.1. The highest BCUT2D eigenvalue weighted by molar-refractivity contribution is 5.57. The Morgan fingerprint density at radius 3 is 2.15 bits per heavy atom. The van der Waals surface area contributed by atoms with E-state index < -0.39 is 11.6 Å². The van der Waals surface area contributed by atoms with Crippen molar-refractivity contribution in [1.29, 1.82) is 5.26 Å². The van der Waals surface area contributed by atoms with Crippen molar-refractivity contribution in [2.45, 2.75) is 13.8 Å². The second-order valence-electron chi connectivity index (χ2n) is 2.75. The van der Waals surface area contributed by atoms with Crippen LogP contribution in [0.4, 0.5) is 4.39 Å². The van der Waals surface area contributed by atoms with Crippen molar-refractivity contribution in [1.82, 2.24) is 0 Å². The van der Waals surface area contributed by atoms with Crippen molar-refractivity contribution in [3.8, 4) is 17.6 Å². The highest BCUT2D eigenvalue weighted by Gasteiger charge is 2.18. The predicted octanol–water partition coefficient (Wildman–Crippen LogP) is 1.73. The van der Waals surface area contributed by atoms with Crippen LogP contribution in [0.1, 0.15) is 16.7 Å². The molecule has 0 saturated carbocycles. The van der Waals surface area contributed by atoms with Crippen LogP contribution in [0.3, 0.4) is 0 Å². The minimum absolute atomic E-state index is 0.0472. The fourth-order valence-electron chi connectivity index (χ4n) is 1.11. The first-order valence-electron chi connectivity index (χ1n) is 3.61. The summed E-state index contributed by atoms with van der Waals surface area (Å²) in [5.41, 5.74) is -0.0755. The molecular weight excluding hydrogens is 173 g/mol. The molecule has 68 valence electrons. The van der Waals surface area contributed by atoms with E-state index in [9.17, 15) is 14.6 Å². The Kier molecular flexibility index (Phi) is 2.11. The van der Waals surface area contributed by atoms with Gasteiger partial charge in [-0.2, -0.15) is 5.26 Å². The lowest BCUT2D eigenvalue weighted by atomic mass is 10.0. The predicted molar refractivity (Wildman–Crippen MR) is 43.9 cm³/mol. The normalized spacial score (nSPS) is 9.69. The van der Waals surface area contributed by atoms with Crippen LogP contribution in [-0.4, -0.2) is 10.2 Å². The van der Waals surface area contributed by atoms with Gasteiger partial charge in [0.25, 0.3) is 0 Å². The largest absolute Gasteiger partial charge is 0.507 e. The summed E-state index contributed by atoms with van der Waals surface area (Å²) in [6, 6.07) is 1.62. The summed E-state index contributed by atoms with van der Waals surface area (Å²) in [4.78, 5) is 0. The number of nitrogens with zero attached hydrogens (tertiary/aromatic N) is 1. The maximum absolute atomic E-state index is 13.1. The Labute approximate surface area is 74.7 Å². The second kappa shape index (κ2) is 2.94. The van der Waals surface area contributed by atoms with Crippen molar-refractivity contribution >= 4 is 0 Å². The molecule has 0 aromatic heterocycles. The van der Waals surface area contributed by atoms with E-state index in [1.807, 2.05) is 0 Å². The van der Waals surface area contributed by atoms with Gasteiger partial charge in [0.1, 0.15) is 17.4 Å². The third kappa shape index (κ3) is 1.18. The standard InChI is InChI=1S/C9H8FNO2/c1-4-6(3-11)9(13)7(10)5(2)8(4)12/h12-13H,1-2H3. The lowest BCUT2D eigenvalue weighted by Crippen LogP contribution is -1.93. The SMILES string of the molecule is Cc1c(O)c(C)c(C#N)c(O)c1F. The maximum Gasteiger partial charge on any atom is 0.172 e. The molecule has 3 nitrogen and oxygen atoms in total. The number of benzene rings is 1. The van der Waals surface area contributed by atoms with Gasteiger partial charge in [-0.05, 0) is 13.8 Å². The number of rotatable bonds is 0. The van der Waals surface area contributed by atoms with Gasteiger partial charge in [-0.3, -0.25) is 0 Å². The molecule has 0 fully saturated rings. The van der Waals surface area contributed by atoms with E-state index in [1.165, 1.54) is 13.8 Å². The van der Waals surface area contributed by atoms with E-state index in [2.05, 4.69) is 0 Å². The van der Waals surface area contributed by atoms with Crippen molar-refractivity contribution < 1.29 is 14.6 Å². The van der Waals surface area contributed by atoms with E-state index in [0.29, 0.717) is 0 Å². The zero-order valence-corrected chi connectivity index (χ0v) is 7.22. The van der Waals surface area contributed by atoms with Crippen LogP contribution in [0.25, 0.3) is 0 Å². The van der Waals surface area contributed by atoms with Gasteiger partial charge in [0.05, 0.1) is 0 Å². The van der Waals surface area contributed by atoms with Crippen LogP contribution >= 0.6 is 0 Å². The quantitative estimate of drug-likeness (QED) is 0.599. The molecule has 0 saturated heterocycles. The molecule has 0 aliphatic rings. The van der Waals surface area contributed by atoms with Crippen molar-refractivity contribution in [3.05, 3.63) is 22.5 Å². The van der Waals surface area contributed by atoms with Gasteiger partial charge >= 0.3 is 0 Å². The number of nitriles is 1. The highest BCUT2D eigenvalue weighted by atomic mass is 19.1. The zero-order chi connectivity index (χ0) is 10.2. The molecule has 0 spiro atoms. The number of phenols is 2. The molecule has 0 unspecified atom stereocenters. The summed E-state index contributed by atoms with van der Waals surface area (Å²) in [6.45, 7) is 2.78. The van der Waals surface area contributed by atoms with Gasteiger partial charge in [-0.1, -0.05) is 0 Å². The van der Waals surface area contributed by atoms with Gasteiger partial charge in [0.15, 0.2) is 11.6 Å². The van der Waals surface area contributed by atoms with Crippen molar-refractivity contribution in [2.24, 2.45) is 0 Å². The monoisotopic (exact) mass is 181 g/mol. The third-order valence-electron chi connectivity index (χ3n) is 1.97. The average molecular weight is 181 g/mol. The summed E-state index contributed by atoms with van der Waals surface area (Å²) in [5.74, 6) is -1.93. The summed E-state index contributed by atoms with van der Waals surface area (Å²) in [5, 5.41) is 27.0. The average Bonchev–Trinajstić information content (AvgIpc) is 2.13. The van der Waals surface area contributed by atoms with Crippen molar-refractivity contribution in [2.75, 3.05) is 0 Å². The minimum Gasteiger partial charge on any atom is -0.507 e. The molecule has 2 N–H and O–H groups in total. The second-order valence-corrected chi connectivity index (χ2v) is 2.75. The topological polar surface area (TPSA) is 64.2 Å². The molecular formula is C9H8FNO2. The number of phenolic OH excluding ortho intramolecular Hbond substituents is 2. The minimum atomic E-state index is -0.945. The molecule has 0 aliphatic heterocycles. The highest BCUT2D eigenvalue weighted by Crippen LogP contribution is 2.34. The fourth-order valence-corrected chi connectivity index (χ4v) is 1.11. The van der Waals surface area contributed by atoms with E-state index in [1.54, 1.807) is 6.07 Å². The van der Waals surface area contributed by atoms with E-state index in [0.717, 1.165) is 0 Å². The first-order chi connectivity index (χ1) is 6.00. The molecule has 1 rings (SSSR count). The van der Waals surface area contributed by atoms with Crippen LogP contribution in [0.15, 0.2) is 0 Å². The molecule has 0 bridgehead atoms. The summed E-state index contributed by atoms with van der Waals surface area (Å²) in [7, 11) is 0. The zero-order valence-electron chi connectivity index (χ0n) is 7.22. The smallest absolute Gasteiger partial charge is 0.172 e. The van der Waals surface area contributed by atoms with Gasteiger partial charge in [0, 0.05) is 11.1 Å². The lowest BCUT2D eigenvalue weighted by molar-refractivity contribution is 0.413. The fraction of sp³-hybridized carbons (Fsp3) is 0.222. The molecule has 0 aliphatic carbocycles. The molecule has 1 aromatic carbocycles. The number of aromatic hydroxyl groups is 2. The summed E-state index contributed by atoms with van der Waals surface area (Å²) < 4.78 is 13.1. The van der Waals surface area contributed by atoms with Crippen LogP contribution < -0.4 is 0 Å². The van der Waals surface area contributed by atoms with Gasteiger partial charge < -0.3 is 10.2 Å². The molecule has 0 amide bonds. The first kappa shape index (κ1) is 9.33. The van der Waals surface area contributed by atoms with Crippen LogP contribution in [0, 0.1) is 31.0 Å². The van der Waals surface area contributed by atoms with E-state index in [4.69, 9.17) is 5.26 Å². The lowest BCUT2D eigenvalue weighted by Gasteiger charge is -2.08.